The molecule has 0 amide bonds. The number of rotatable bonds is 1. The van der Waals surface area contributed by atoms with Crippen molar-refractivity contribution in [3.63, 3.8) is 0 Å². The summed E-state index contributed by atoms with van der Waals surface area (Å²) in [7, 11) is 0. The monoisotopic (exact) mass is 348 g/mol. The SMILES string of the molecule is [2H]c1c([2H])c([2H])c2c(c1[2H])C(=O)OC2=O.[2H]c1c([2H])c2c(c([N+](=O)[O-])c1[2H])C(=O)OC2=O. The van der Waals surface area contributed by atoms with Gasteiger partial charge in [-0.1, -0.05) is 18.1 Å². The number of hydrogen-bond donors (Lipinski definition) is 0. The van der Waals surface area contributed by atoms with Crippen molar-refractivity contribution >= 4 is 29.6 Å². The first kappa shape index (κ1) is 9.42. The van der Waals surface area contributed by atoms with Gasteiger partial charge in [-0.2, -0.15) is 0 Å². The number of cyclic esters (lactones) is 4. The number of carbonyl (C=O) groups is 4. The van der Waals surface area contributed by atoms with Gasteiger partial charge in [-0.15, -0.1) is 0 Å². The lowest BCUT2D eigenvalue weighted by Gasteiger charge is -1.93. The molecule has 0 aliphatic carbocycles. The van der Waals surface area contributed by atoms with Crippen LogP contribution in [-0.4, -0.2) is 28.8 Å². The molecule has 124 valence electrons. The van der Waals surface area contributed by atoms with Gasteiger partial charge >= 0.3 is 23.9 Å². The van der Waals surface area contributed by atoms with E-state index in [0.717, 1.165) is 0 Å². The van der Waals surface area contributed by atoms with Gasteiger partial charge in [0.1, 0.15) is 0 Å². The molecule has 0 spiro atoms. The standard InChI is InChI=1S/C8H3NO5.C8H4O3/c10-7-4-2-1-3-5(9(12)13)6(4)8(11)14-7;9-7-5-3-1-2-4-6(5)8(10)11-7/h1-3H;1-4H/i1D,2D,3D;1D,2D,3D,4D. The number of benzene rings is 2. The van der Waals surface area contributed by atoms with Crippen LogP contribution in [-0.2, 0) is 9.47 Å². The van der Waals surface area contributed by atoms with Crippen LogP contribution in [0.25, 0.3) is 0 Å². The lowest BCUT2D eigenvalue weighted by Crippen LogP contribution is -2.00. The fourth-order valence-electron chi connectivity index (χ4n) is 1.88. The summed E-state index contributed by atoms with van der Waals surface area (Å²) >= 11 is 0. The number of hydrogen-bond acceptors (Lipinski definition) is 8. The first-order valence-corrected chi connectivity index (χ1v) is 6.22. The summed E-state index contributed by atoms with van der Waals surface area (Å²) in [5.41, 5.74) is -3.08. The highest BCUT2D eigenvalue weighted by Crippen LogP contribution is 2.28. The predicted molar refractivity (Wildman–Crippen MR) is 79.0 cm³/mol. The molecule has 4 rings (SSSR count). The summed E-state index contributed by atoms with van der Waals surface area (Å²) in [6, 6.07) is -4.57. The number of ether oxygens (including phenoxy) is 2. The summed E-state index contributed by atoms with van der Waals surface area (Å²) in [4.78, 5) is 54.4. The van der Waals surface area contributed by atoms with Gasteiger partial charge in [0.15, 0.2) is 5.56 Å². The Balaban J connectivity index is 0.000000182. The average molecular weight is 348 g/mol. The van der Waals surface area contributed by atoms with Crippen molar-refractivity contribution in [2.45, 2.75) is 0 Å². The van der Waals surface area contributed by atoms with Crippen molar-refractivity contribution in [3.8, 4) is 0 Å². The Morgan fingerprint density at radius 1 is 0.760 bits per heavy atom. The first-order chi connectivity index (χ1) is 14.8. The predicted octanol–water partition coefficient (Wildman–Crippen LogP) is 1.90. The van der Waals surface area contributed by atoms with Gasteiger partial charge in [0, 0.05) is 6.04 Å². The molecule has 0 saturated heterocycles. The Bertz CT molecular complexity index is 1260. The molecule has 9 nitrogen and oxygen atoms in total. The van der Waals surface area contributed by atoms with E-state index >= 15 is 0 Å². The number of esters is 4. The van der Waals surface area contributed by atoms with Gasteiger partial charge in [-0.3, -0.25) is 10.1 Å². The molecule has 0 atom stereocenters. The average Bonchev–Trinajstić information content (AvgIpc) is 3.17. The molecule has 0 unspecified atom stereocenters. The zero-order chi connectivity index (χ0) is 24.2. The molecule has 0 N–H and O–H groups in total. The minimum atomic E-state index is -1.27. The molecular weight excluding hydrogens is 334 g/mol. The van der Waals surface area contributed by atoms with Gasteiger partial charge in [0.05, 0.1) is 31.2 Å². The molecule has 2 heterocycles. The summed E-state index contributed by atoms with van der Waals surface area (Å²) in [6.45, 7) is 0. The third-order valence-electron chi connectivity index (χ3n) is 2.91. The molecular formula is C16H7NO8. The quantitative estimate of drug-likeness (QED) is 0.330. The molecule has 0 fully saturated rings. The summed E-state index contributed by atoms with van der Waals surface area (Å²) in [5, 5.41) is 10.7. The van der Waals surface area contributed by atoms with Crippen molar-refractivity contribution < 1.29 is 43.2 Å². The van der Waals surface area contributed by atoms with Crippen LogP contribution >= 0.6 is 0 Å². The maximum absolute atomic E-state index is 11.2. The Kier molecular flexibility index (Phi) is 2.25. The van der Waals surface area contributed by atoms with E-state index in [2.05, 4.69) is 9.47 Å². The minimum Gasteiger partial charge on any atom is -0.386 e. The highest BCUT2D eigenvalue weighted by atomic mass is 16.6. The van der Waals surface area contributed by atoms with Gasteiger partial charge in [-0.05, 0) is 18.1 Å². The van der Waals surface area contributed by atoms with E-state index in [1.165, 1.54) is 0 Å². The van der Waals surface area contributed by atoms with E-state index in [0.29, 0.717) is 0 Å². The van der Waals surface area contributed by atoms with E-state index in [4.69, 9.17) is 9.60 Å². The number of nitro benzene ring substituents is 1. The van der Waals surface area contributed by atoms with Crippen LogP contribution in [0.3, 0.4) is 0 Å². The van der Waals surface area contributed by atoms with Crippen LogP contribution in [0.15, 0.2) is 42.3 Å². The maximum atomic E-state index is 11.2. The van der Waals surface area contributed by atoms with Crippen LogP contribution in [0.5, 0.6) is 0 Å². The van der Waals surface area contributed by atoms with Crippen molar-refractivity contribution in [1.82, 2.24) is 0 Å². The maximum Gasteiger partial charge on any atom is 0.353 e. The van der Waals surface area contributed by atoms with Crippen LogP contribution in [0, 0.1) is 10.1 Å². The number of fused-ring (bicyclic) bond motifs is 2. The fraction of sp³-hybridized carbons (Fsp3) is 0. The van der Waals surface area contributed by atoms with E-state index in [1.54, 1.807) is 0 Å². The van der Waals surface area contributed by atoms with E-state index in [9.17, 15) is 29.3 Å². The highest BCUT2D eigenvalue weighted by Gasteiger charge is 2.36. The minimum absolute atomic E-state index is 0.383. The summed E-state index contributed by atoms with van der Waals surface area (Å²) in [5.74, 6) is -4.52. The molecule has 0 bridgehead atoms. The first-order valence-electron chi connectivity index (χ1n) is 9.72. The molecule has 2 aliphatic heterocycles. The van der Waals surface area contributed by atoms with E-state index in [-0.39, 0.29) is 11.1 Å². The Morgan fingerprint density at radius 3 is 1.80 bits per heavy atom. The Hall–Kier alpha value is -3.88. The lowest BCUT2D eigenvalue weighted by molar-refractivity contribution is -0.385. The van der Waals surface area contributed by atoms with Gasteiger partial charge in [0.2, 0.25) is 0 Å². The molecule has 2 aliphatic rings. The molecule has 0 radical (unpaired) electrons. The van der Waals surface area contributed by atoms with Crippen molar-refractivity contribution in [2.75, 3.05) is 0 Å². The largest absolute Gasteiger partial charge is 0.386 e. The second-order valence-electron chi connectivity index (χ2n) is 4.33. The summed E-state index contributed by atoms with van der Waals surface area (Å²) < 4.78 is 59.8. The number of nitrogens with zero attached hydrogens (tertiary/aromatic N) is 1. The molecule has 9 heteroatoms. The van der Waals surface area contributed by atoms with E-state index in [1.807, 2.05) is 0 Å². The summed E-state index contributed by atoms with van der Waals surface area (Å²) in [6.07, 6.45) is 0. The lowest BCUT2D eigenvalue weighted by atomic mass is 10.1. The van der Waals surface area contributed by atoms with Crippen LogP contribution in [0.4, 0.5) is 5.69 Å². The second kappa shape index (κ2) is 5.96. The smallest absolute Gasteiger partial charge is 0.353 e. The Labute approximate surface area is 148 Å². The van der Waals surface area contributed by atoms with Crippen LogP contribution < -0.4 is 0 Å². The third kappa shape index (κ3) is 2.74. The zero-order valence-electron chi connectivity index (χ0n) is 18.7. The zero-order valence-corrected chi connectivity index (χ0v) is 11.7. The molecule has 0 saturated carbocycles. The second-order valence-corrected chi connectivity index (χ2v) is 4.33. The Morgan fingerprint density at radius 2 is 1.24 bits per heavy atom. The molecule has 2 aromatic carbocycles. The topological polar surface area (TPSA) is 130 Å². The molecule has 25 heavy (non-hydrogen) atoms. The normalized spacial score (nSPS) is 18.0. The van der Waals surface area contributed by atoms with Crippen molar-refractivity contribution in [1.29, 1.82) is 0 Å². The van der Waals surface area contributed by atoms with Gasteiger partial charge in [0.25, 0.3) is 5.69 Å². The van der Waals surface area contributed by atoms with Crippen LogP contribution in [0.2, 0.25) is 0 Å². The van der Waals surface area contributed by atoms with Gasteiger partial charge < -0.3 is 9.47 Å². The highest BCUT2D eigenvalue weighted by molar-refractivity contribution is 6.16. The van der Waals surface area contributed by atoms with E-state index < -0.39 is 87.9 Å². The number of carbonyl (C=O) groups excluding carboxylic acids is 4. The van der Waals surface area contributed by atoms with Crippen LogP contribution in [0.1, 0.15) is 51.0 Å². The molecule has 0 aromatic heterocycles. The molecule has 2 aromatic rings. The van der Waals surface area contributed by atoms with Crippen molar-refractivity contribution in [3.05, 3.63) is 74.7 Å². The number of nitro groups is 1. The third-order valence-corrected chi connectivity index (χ3v) is 2.91. The van der Waals surface area contributed by atoms with Crippen molar-refractivity contribution in [2.24, 2.45) is 0 Å². The fourth-order valence-corrected chi connectivity index (χ4v) is 1.88. The van der Waals surface area contributed by atoms with Gasteiger partial charge in [-0.25, -0.2) is 19.2 Å².